The molecule has 5 nitrogen and oxygen atoms in total. The van der Waals surface area contributed by atoms with Gasteiger partial charge >= 0.3 is 0 Å². The molecular formula is C12H19N3O2. The maximum Gasteiger partial charge on any atom is 0.229 e. The van der Waals surface area contributed by atoms with Crippen molar-refractivity contribution >= 4 is 0 Å². The summed E-state index contributed by atoms with van der Waals surface area (Å²) in [6.07, 6.45) is 4.27. The van der Waals surface area contributed by atoms with E-state index in [1.165, 1.54) is 12.8 Å². The van der Waals surface area contributed by atoms with Gasteiger partial charge in [0.15, 0.2) is 5.82 Å². The van der Waals surface area contributed by atoms with E-state index >= 15 is 0 Å². The van der Waals surface area contributed by atoms with E-state index in [9.17, 15) is 5.11 Å². The molecule has 1 aliphatic carbocycles. The molecular weight excluding hydrogens is 218 g/mol. The lowest BCUT2D eigenvalue weighted by molar-refractivity contribution is -0.107. The van der Waals surface area contributed by atoms with Crippen molar-refractivity contribution < 1.29 is 9.63 Å². The van der Waals surface area contributed by atoms with E-state index in [1.807, 2.05) is 0 Å². The van der Waals surface area contributed by atoms with Crippen molar-refractivity contribution in [2.75, 3.05) is 13.1 Å². The summed E-state index contributed by atoms with van der Waals surface area (Å²) in [5.74, 6) is 2.07. The van der Waals surface area contributed by atoms with Crippen LogP contribution in [0.4, 0.5) is 0 Å². The van der Waals surface area contributed by atoms with Crippen molar-refractivity contribution in [1.82, 2.24) is 15.0 Å². The Kier molecular flexibility index (Phi) is 2.67. The zero-order valence-electron chi connectivity index (χ0n) is 10.2. The lowest BCUT2D eigenvalue weighted by Crippen LogP contribution is -2.61. The third-order valence-corrected chi connectivity index (χ3v) is 3.53. The van der Waals surface area contributed by atoms with Crippen LogP contribution in [0.1, 0.15) is 50.2 Å². The normalized spacial score (nSPS) is 23.6. The molecule has 2 fully saturated rings. The quantitative estimate of drug-likeness (QED) is 0.836. The van der Waals surface area contributed by atoms with Crippen molar-refractivity contribution in [3.05, 3.63) is 11.7 Å². The molecule has 0 radical (unpaired) electrons. The number of rotatable bonds is 5. The van der Waals surface area contributed by atoms with Gasteiger partial charge in [0.2, 0.25) is 5.89 Å². The predicted octanol–water partition coefficient (Wildman–Crippen LogP) is 1.29. The van der Waals surface area contributed by atoms with Crippen LogP contribution < -0.4 is 0 Å². The SMILES string of the molecule is CCCC1(O)CN(Cc2noc(C3CC3)n2)C1. The van der Waals surface area contributed by atoms with Gasteiger partial charge < -0.3 is 9.63 Å². The summed E-state index contributed by atoms with van der Waals surface area (Å²) in [6.45, 7) is 4.26. The lowest BCUT2D eigenvalue weighted by atomic mass is 9.89. The Hall–Kier alpha value is -0.940. The summed E-state index contributed by atoms with van der Waals surface area (Å²) in [7, 11) is 0. The minimum Gasteiger partial charge on any atom is -0.387 e. The number of hydrogen-bond donors (Lipinski definition) is 1. The second kappa shape index (κ2) is 4.07. The summed E-state index contributed by atoms with van der Waals surface area (Å²) in [5.41, 5.74) is -0.474. The highest BCUT2D eigenvalue weighted by Crippen LogP contribution is 2.39. The monoisotopic (exact) mass is 237 g/mol. The molecule has 0 atom stereocenters. The van der Waals surface area contributed by atoms with Gasteiger partial charge in [-0.3, -0.25) is 4.90 Å². The van der Waals surface area contributed by atoms with E-state index in [-0.39, 0.29) is 0 Å². The second-order valence-electron chi connectivity index (χ2n) is 5.44. The molecule has 1 aromatic rings. The second-order valence-corrected chi connectivity index (χ2v) is 5.44. The number of hydrogen-bond acceptors (Lipinski definition) is 5. The number of β-amino-alcohol motifs (C(OH)–C–C–N with tert-alkyl or cyclic N) is 1. The standard InChI is InChI=1S/C12H19N3O2/c1-2-5-12(16)7-15(8-12)6-10-13-11(17-14-10)9-3-4-9/h9,16H,2-8H2,1H3. The molecule has 5 heteroatoms. The lowest BCUT2D eigenvalue weighted by Gasteiger charge is -2.46. The van der Waals surface area contributed by atoms with Crippen LogP contribution in [0.15, 0.2) is 4.52 Å². The highest BCUT2D eigenvalue weighted by atomic mass is 16.5. The van der Waals surface area contributed by atoms with Crippen LogP contribution in [0, 0.1) is 0 Å². The summed E-state index contributed by atoms with van der Waals surface area (Å²) in [4.78, 5) is 6.55. The maximum atomic E-state index is 10.1. The number of aliphatic hydroxyl groups is 1. The Morgan fingerprint density at radius 1 is 1.47 bits per heavy atom. The summed E-state index contributed by atoms with van der Waals surface area (Å²) in [6, 6.07) is 0. The molecule has 2 aliphatic rings. The van der Waals surface area contributed by atoms with Gasteiger partial charge in [0, 0.05) is 19.0 Å². The Labute approximate surface area is 101 Å². The van der Waals surface area contributed by atoms with Crippen LogP contribution in [-0.2, 0) is 6.54 Å². The van der Waals surface area contributed by atoms with Gasteiger partial charge in [-0.15, -0.1) is 0 Å². The molecule has 2 heterocycles. The first kappa shape index (κ1) is 11.2. The molecule has 1 saturated heterocycles. The molecule has 0 unspecified atom stereocenters. The minimum atomic E-state index is -0.474. The molecule has 1 aliphatic heterocycles. The molecule has 0 amide bonds. The number of likely N-dealkylation sites (tertiary alicyclic amines) is 1. The summed E-state index contributed by atoms with van der Waals surface area (Å²) >= 11 is 0. The first-order chi connectivity index (χ1) is 8.18. The van der Waals surface area contributed by atoms with Gasteiger partial charge in [0.1, 0.15) is 0 Å². The van der Waals surface area contributed by atoms with Crippen molar-refractivity contribution in [1.29, 1.82) is 0 Å². The van der Waals surface area contributed by atoms with Crippen LogP contribution in [-0.4, -0.2) is 38.8 Å². The van der Waals surface area contributed by atoms with Gasteiger partial charge in [-0.25, -0.2) is 0 Å². The average molecular weight is 237 g/mol. The molecule has 3 rings (SSSR count). The third-order valence-electron chi connectivity index (χ3n) is 3.53. The van der Waals surface area contributed by atoms with Crippen molar-refractivity contribution in [2.24, 2.45) is 0 Å². The van der Waals surface area contributed by atoms with Crippen LogP contribution in [0.25, 0.3) is 0 Å². The first-order valence-electron chi connectivity index (χ1n) is 6.46. The van der Waals surface area contributed by atoms with Crippen molar-refractivity contribution in [3.63, 3.8) is 0 Å². The molecule has 0 aromatic carbocycles. The van der Waals surface area contributed by atoms with Gasteiger partial charge in [-0.2, -0.15) is 4.98 Å². The molecule has 94 valence electrons. The van der Waals surface area contributed by atoms with Crippen LogP contribution >= 0.6 is 0 Å². The van der Waals surface area contributed by atoms with E-state index in [0.29, 0.717) is 12.5 Å². The van der Waals surface area contributed by atoms with Gasteiger partial charge in [0.25, 0.3) is 0 Å². The fraction of sp³-hybridized carbons (Fsp3) is 0.833. The van der Waals surface area contributed by atoms with E-state index in [1.54, 1.807) is 0 Å². The zero-order valence-corrected chi connectivity index (χ0v) is 10.2. The topological polar surface area (TPSA) is 62.4 Å². The fourth-order valence-corrected chi connectivity index (χ4v) is 2.55. The minimum absolute atomic E-state index is 0.474. The number of aromatic nitrogens is 2. The first-order valence-corrected chi connectivity index (χ1v) is 6.46. The molecule has 0 bridgehead atoms. The van der Waals surface area contributed by atoms with Gasteiger partial charge in [-0.05, 0) is 19.3 Å². The molecule has 0 spiro atoms. The maximum absolute atomic E-state index is 10.1. The smallest absolute Gasteiger partial charge is 0.229 e. The van der Waals surface area contributed by atoms with Gasteiger partial charge in [-0.1, -0.05) is 18.5 Å². The van der Waals surface area contributed by atoms with E-state index in [0.717, 1.165) is 37.6 Å². The van der Waals surface area contributed by atoms with E-state index < -0.39 is 5.60 Å². The fourth-order valence-electron chi connectivity index (χ4n) is 2.55. The highest BCUT2D eigenvalue weighted by molar-refractivity contribution is 5.03. The van der Waals surface area contributed by atoms with E-state index in [2.05, 4.69) is 22.0 Å². The number of nitrogens with zero attached hydrogens (tertiary/aromatic N) is 3. The Morgan fingerprint density at radius 3 is 2.88 bits per heavy atom. The highest BCUT2D eigenvalue weighted by Gasteiger charge is 2.40. The predicted molar refractivity (Wildman–Crippen MR) is 61.4 cm³/mol. The van der Waals surface area contributed by atoms with Crippen LogP contribution in [0.5, 0.6) is 0 Å². The van der Waals surface area contributed by atoms with Crippen LogP contribution in [0.2, 0.25) is 0 Å². The Balaban J connectivity index is 1.51. The van der Waals surface area contributed by atoms with Crippen molar-refractivity contribution in [3.8, 4) is 0 Å². The summed E-state index contributed by atoms with van der Waals surface area (Å²) in [5, 5.41) is 14.0. The average Bonchev–Trinajstić information content (AvgIpc) is 2.98. The van der Waals surface area contributed by atoms with Gasteiger partial charge in [0.05, 0.1) is 12.1 Å². The zero-order chi connectivity index (χ0) is 11.9. The van der Waals surface area contributed by atoms with Crippen LogP contribution in [0.3, 0.4) is 0 Å². The van der Waals surface area contributed by atoms with E-state index in [4.69, 9.17) is 4.52 Å². The molecule has 1 saturated carbocycles. The Bertz CT molecular complexity index is 394. The largest absolute Gasteiger partial charge is 0.387 e. The summed E-state index contributed by atoms with van der Waals surface area (Å²) < 4.78 is 5.21. The Morgan fingerprint density at radius 2 is 2.24 bits per heavy atom. The van der Waals surface area contributed by atoms with Crippen molar-refractivity contribution in [2.45, 2.75) is 50.7 Å². The third kappa shape index (κ3) is 2.35. The molecule has 17 heavy (non-hydrogen) atoms. The molecule has 1 aromatic heterocycles. The molecule has 1 N–H and O–H groups in total.